The number of halogens is 1. The molecular formula is C12H14ClN3O2. The Bertz CT molecular complexity index is 513. The number of hydrogen-bond donors (Lipinski definition) is 1. The molecule has 1 heterocycles. The number of methoxy groups -OCH3 is 1. The molecule has 6 heteroatoms. The first-order chi connectivity index (χ1) is 8.22. The fourth-order valence-corrected chi connectivity index (χ4v) is 1.48. The second-order valence-electron chi connectivity index (χ2n) is 3.55. The van der Waals surface area contributed by atoms with Crippen LogP contribution >= 0.6 is 12.4 Å². The van der Waals surface area contributed by atoms with Gasteiger partial charge in [-0.25, -0.2) is 4.68 Å². The van der Waals surface area contributed by atoms with Crippen LogP contribution in [0.15, 0.2) is 42.7 Å². The van der Waals surface area contributed by atoms with Crippen LogP contribution in [0, 0.1) is 0 Å². The SMILES string of the molecule is COC(=O)C(N)c1cnn(-c2ccccc2)c1.Cl. The molecule has 96 valence electrons. The fourth-order valence-electron chi connectivity index (χ4n) is 1.48. The van der Waals surface area contributed by atoms with Gasteiger partial charge in [-0.05, 0) is 12.1 Å². The van der Waals surface area contributed by atoms with Crippen molar-refractivity contribution in [3.63, 3.8) is 0 Å². The smallest absolute Gasteiger partial charge is 0.327 e. The molecule has 1 aromatic heterocycles. The highest BCUT2D eigenvalue weighted by Gasteiger charge is 2.18. The van der Waals surface area contributed by atoms with Crippen LogP contribution < -0.4 is 5.73 Å². The molecule has 0 aliphatic carbocycles. The molecule has 2 rings (SSSR count). The predicted molar refractivity (Wildman–Crippen MR) is 69.8 cm³/mol. The number of aromatic nitrogens is 2. The number of para-hydroxylation sites is 1. The Kier molecular flexibility index (Phi) is 4.88. The minimum atomic E-state index is -0.794. The van der Waals surface area contributed by atoms with Gasteiger partial charge in [0, 0.05) is 11.8 Å². The summed E-state index contributed by atoms with van der Waals surface area (Å²) in [4.78, 5) is 11.3. The fraction of sp³-hybridized carbons (Fsp3) is 0.167. The zero-order valence-electron chi connectivity index (χ0n) is 9.82. The van der Waals surface area contributed by atoms with Gasteiger partial charge in [-0.2, -0.15) is 5.10 Å². The second-order valence-corrected chi connectivity index (χ2v) is 3.55. The third-order valence-electron chi connectivity index (χ3n) is 2.44. The minimum absolute atomic E-state index is 0. The summed E-state index contributed by atoms with van der Waals surface area (Å²) < 4.78 is 6.25. The molecule has 0 aliphatic heterocycles. The Hall–Kier alpha value is -1.85. The summed E-state index contributed by atoms with van der Waals surface area (Å²) in [5.41, 5.74) is 7.25. The second kappa shape index (κ2) is 6.18. The van der Waals surface area contributed by atoms with Gasteiger partial charge in [-0.1, -0.05) is 18.2 Å². The van der Waals surface area contributed by atoms with Crippen LogP contribution in [-0.2, 0) is 9.53 Å². The molecule has 18 heavy (non-hydrogen) atoms. The normalized spacial score (nSPS) is 11.4. The van der Waals surface area contributed by atoms with E-state index in [0.717, 1.165) is 5.69 Å². The standard InChI is InChI=1S/C12H13N3O2.ClH/c1-17-12(16)11(13)9-7-14-15(8-9)10-5-3-2-4-6-10;/h2-8,11H,13H2,1H3;1H. The first-order valence-corrected chi connectivity index (χ1v) is 5.16. The Balaban J connectivity index is 0.00000162. The minimum Gasteiger partial charge on any atom is -0.468 e. The third-order valence-corrected chi connectivity index (χ3v) is 2.44. The lowest BCUT2D eigenvalue weighted by Gasteiger charge is -2.05. The van der Waals surface area contributed by atoms with Gasteiger partial charge < -0.3 is 10.5 Å². The molecule has 2 aromatic rings. The van der Waals surface area contributed by atoms with Crippen molar-refractivity contribution in [1.82, 2.24) is 9.78 Å². The molecule has 1 atom stereocenters. The number of hydrogen-bond acceptors (Lipinski definition) is 4. The van der Waals surface area contributed by atoms with Crippen LogP contribution in [0.25, 0.3) is 5.69 Å². The predicted octanol–water partition coefficient (Wildman–Crippen LogP) is 1.47. The lowest BCUT2D eigenvalue weighted by molar-refractivity contribution is -0.142. The van der Waals surface area contributed by atoms with E-state index in [2.05, 4.69) is 9.84 Å². The summed E-state index contributed by atoms with van der Waals surface area (Å²) in [6.07, 6.45) is 3.28. The highest BCUT2D eigenvalue weighted by atomic mass is 35.5. The number of nitrogens with two attached hydrogens (primary N) is 1. The van der Waals surface area contributed by atoms with Crippen molar-refractivity contribution >= 4 is 18.4 Å². The molecule has 2 N–H and O–H groups in total. The highest BCUT2D eigenvalue weighted by Crippen LogP contribution is 2.13. The van der Waals surface area contributed by atoms with Crippen molar-refractivity contribution in [3.8, 4) is 5.69 Å². The lowest BCUT2D eigenvalue weighted by atomic mass is 10.2. The molecule has 5 nitrogen and oxygen atoms in total. The van der Waals surface area contributed by atoms with Gasteiger partial charge in [0.25, 0.3) is 0 Å². The van der Waals surface area contributed by atoms with Gasteiger partial charge in [0.1, 0.15) is 6.04 Å². The maximum atomic E-state index is 11.3. The van der Waals surface area contributed by atoms with Gasteiger partial charge in [-0.3, -0.25) is 4.79 Å². The molecule has 1 unspecified atom stereocenters. The van der Waals surface area contributed by atoms with Crippen molar-refractivity contribution in [1.29, 1.82) is 0 Å². The third kappa shape index (κ3) is 2.88. The number of carbonyl (C=O) groups is 1. The molecule has 0 radical (unpaired) electrons. The van der Waals surface area contributed by atoms with E-state index < -0.39 is 12.0 Å². The Morgan fingerprint density at radius 3 is 2.67 bits per heavy atom. The van der Waals surface area contributed by atoms with Gasteiger partial charge in [0.05, 0.1) is 19.0 Å². The van der Waals surface area contributed by atoms with Crippen molar-refractivity contribution < 1.29 is 9.53 Å². The summed E-state index contributed by atoms with van der Waals surface area (Å²) >= 11 is 0. The molecule has 1 aromatic carbocycles. The van der Waals surface area contributed by atoms with Crippen molar-refractivity contribution in [3.05, 3.63) is 48.3 Å². The van der Waals surface area contributed by atoms with E-state index in [-0.39, 0.29) is 12.4 Å². The monoisotopic (exact) mass is 267 g/mol. The van der Waals surface area contributed by atoms with E-state index in [1.54, 1.807) is 17.1 Å². The van der Waals surface area contributed by atoms with E-state index in [1.165, 1.54) is 7.11 Å². The van der Waals surface area contributed by atoms with Crippen molar-refractivity contribution in [2.75, 3.05) is 7.11 Å². The molecule has 0 fully saturated rings. The van der Waals surface area contributed by atoms with E-state index in [4.69, 9.17) is 5.73 Å². The first kappa shape index (κ1) is 14.2. The number of benzene rings is 1. The van der Waals surface area contributed by atoms with Crippen LogP contribution in [0.4, 0.5) is 0 Å². The number of nitrogens with zero attached hydrogens (tertiary/aromatic N) is 2. The number of carbonyl (C=O) groups excluding carboxylic acids is 1. The van der Waals surface area contributed by atoms with E-state index in [1.807, 2.05) is 30.3 Å². The Morgan fingerprint density at radius 1 is 1.39 bits per heavy atom. The zero-order valence-corrected chi connectivity index (χ0v) is 10.6. The Labute approximate surface area is 111 Å². The Morgan fingerprint density at radius 2 is 2.06 bits per heavy atom. The van der Waals surface area contributed by atoms with Crippen molar-refractivity contribution in [2.24, 2.45) is 5.73 Å². The average molecular weight is 268 g/mol. The van der Waals surface area contributed by atoms with E-state index >= 15 is 0 Å². The van der Waals surface area contributed by atoms with E-state index in [9.17, 15) is 4.79 Å². The van der Waals surface area contributed by atoms with Crippen LogP contribution in [0.1, 0.15) is 11.6 Å². The van der Waals surface area contributed by atoms with Crippen molar-refractivity contribution in [2.45, 2.75) is 6.04 Å². The van der Waals surface area contributed by atoms with Crippen LogP contribution in [0.5, 0.6) is 0 Å². The summed E-state index contributed by atoms with van der Waals surface area (Å²) in [5.74, 6) is -0.474. The topological polar surface area (TPSA) is 70.1 Å². The maximum Gasteiger partial charge on any atom is 0.327 e. The molecular weight excluding hydrogens is 254 g/mol. The zero-order chi connectivity index (χ0) is 12.3. The first-order valence-electron chi connectivity index (χ1n) is 5.16. The average Bonchev–Trinajstić information content (AvgIpc) is 2.87. The highest BCUT2D eigenvalue weighted by molar-refractivity contribution is 5.85. The largest absolute Gasteiger partial charge is 0.468 e. The van der Waals surface area contributed by atoms with Crippen LogP contribution in [0.2, 0.25) is 0 Å². The van der Waals surface area contributed by atoms with Gasteiger partial charge in [0.15, 0.2) is 0 Å². The van der Waals surface area contributed by atoms with Gasteiger partial charge in [0.2, 0.25) is 0 Å². The molecule has 0 aliphatic rings. The van der Waals surface area contributed by atoms with Crippen LogP contribution in [0.3, 0.4) is 0 Å². The maximum absolute atomic E-state index is 11.3. The summed E-state index contributed by atoms with van der Waals surface area (Å²) in [7, 11) is 1.31. The quantitative estimate of drug-likeness (QED) is 0.855. The molecule has 0 saturated heterocycles. The van der Waals surface area contributed by atoms with Crippen LogP contribution in [-0.4, -0.2) is 22.9 Å². The molecule has 0 amide bonds. The number of rotatable bonds is 3. The summed E-state index contributed by atoms with van der Waals surface area (Å²) in [5, 5.41) is 4.15. The van der Waals surface area contributed by atoms with E-state index in [0.29, 0.717) is 5.56 Å². The molecule has 0 bridgehead atoms. The van der Waals surface area contributed by atoms with Gasteiger partial charge in [-0.15, -0.1) is 12.4 Å². The molecule has 0 spiro atoms. The molecule has 0 saturated carbocycles. The van der Waals surface area contributed by atoms with Gasteiger partial charge >= 0.3 is 5.97 Å². The summed E-state index contributed by atoms with van der Waals surface area (Å²) in [6.45, 7) is 0. The lowest BCUT2D eigenvalue weighted by Crippen LogP contribution is -2.22. The number of esters is 1. The number of ether oxygens (including phenoxy) is 1. The summed E-state index contributed by atoms with van der Waals surface area (Å²) in [6, 6.07) is 8.79.